The normalized spacial score (nSPS) is 15.4. The summed E-state index contributed by atoms with van der Waals surface area (Å²) < 4.78 is 7.60. The van der Waals surface area contributed by atoms with E-state index in [-0.39, 0.29) is 28.5 Å². The first-order chi connectivity index (χ1) is 15.9. The van der Waals surface area contributed by atoms with Crippen LogP contribution >= 0.6 is 0 Å². The molecule has 4 rings (SSSR count). The second-order valence-electron chi connectivity index (χ2n) is 8.40. The van der Waals surface area contributed by atoms with Gasteiger partial charge < -0.3 is 10.1 Å². The highest BCUT2D eigenvalue weighted by Gasteiger charge is 2.23. The summed E-state index contributed by atoms with van der Waals surface area (Å²) in [6.45, 7) is 2.39. The van der Waals surface area contributed by atoms with Crippen LogP contribution in [-0.2, 0) is 14.1 Å². The molecule has 0 unspecified atom stereocenters. The Bertz CT molecular complexity index is 1270. The molecule has 1 N–H and O–H groups in total. The molecule has 1 aliphatic heterocycles. The number of methoxy groups -OCH3 is 1. The predicted octanol–water partition coefficient (Wildman–Crippen LogP) is 1.60. The number of aryl methyl sites for hydroxylation is 1. The average Bonchev–Trinajstić information content (AvgIpc) is 2.86. The zero-order valence-corrected chi connectivity index (χ0v) is 19.2. The Kier molecular flexibility index (Phi) is 6.60. The maximum atomic E-state index is 13.0. The number of rotatable bonds is 6. The van der Waals surface area contributed by atoms with Crippen LogP contribution in [0.4, 0.5) is 0 Å². The molecule has 2 aromatic heterocycles. The van der Waals surface area contributed by atoms with Crippen LogP contribution in [0.25, 0.3) is 11.0 Å². The number of hydrogen-bond donors (Lipinski definition) is 1. The number of aromatic nitrogens is 3. The van der Waals surface area contributed by atoms with Crippen LogP contribution < -0.4 is 21.3 Å². The summed E-state index contributed by atoms with van der Waals surface area (Å²) in [7, 11) is 4.60. The molecule has 1 saturated heterocycles. The number of nitrogens with zero attached hydrogens (tertiary/aromatic N) is 4. The third-order valence-corrected chi connectivity index (χ3v) is 6.34. The number of nitrogens with one attached hydrogen (secondary N) is 1. The maximum Gasteiger partial charge on any atom is 0.332 e. The molecule has 1 atom stereocenters. The van der Waals surface area contributed by atoms with Gasteiger partial charge in [-0.3, -0.25) is 23.6 Å². The number of hydrogen-bond acceptors (Lipinski definition) is 6. The number of fused-ring (bicyclic) bond motifs is 1. The van der Waals surface area contributed by atoms with Gasteiger partial charge in [-0.05, 0) is 49.7 Å². The molecule has 0 aliphatic carbocycles. The minimum Gasteiger partial charge on any atom is -0.497 e. The van der Waals surface area contributed by atoms with Gasteiger partial charge in [0.15, 0.2) is 0 Å². The first kappa shape index (κ1) is 22.7. The molecular formula is C24H29N5O4. The number of likely N-dealkylation sites (tertiary alicyclic amines) is 1. The van der Waals surface area contributed by atoms with Gasteiger partial charge in [0.1, 0.15) is 11.4 Å². The Morgan fingerprint density at radius 2 is 1.79 bits per heavy atom. The van der Waals surface area contributed by atoms with Crippen molar-refractivity contribution in [3.8, 4) is 5.75 Å². The lowest BCUT2D eigenvalue weighted by Gasteiger charge is -2.35. The number of carbonyl (C=O) groups is 1. The molecule has 9 nitrogen and oxygen atoms in total. The van der Waals surface area contributed by atoms with Gasteiger partial charge in [0.25, 0.3) is 11.5 Å². The smallest absolute Gasteiger partial charge is 0.332 e. The van der Waals surface area contributed by atoms with Gasteiger partial charge in [-0.15, -0.1) is 0 Å². The Labute approximate surface area is 191 Å². The van der Waals surface area contributed by atoms with Gasteiger partial charge in [-0.2, -0.15) is 0 Å². The average molecular weight is 452 g/mol. The Balaban J connectivity index is 1.58. The Morgan fingerprint density at radius 1 is 1.09 bits per heavy atom. The van der Waals surface area contributed by atoms with Crippen LogP contribution in [0.2, 0.25) is 0 Å². The lowest BCUT2D eigenvalue weighted by molar-refractivity contribution is 0.0924. The SMILES string of the molecule is COc1ccc([C@@H](CNC(=O)c2cnc3c(c2)c(=O)n(C)c(=O)n3C)N2CCCCC2)cc1. The van der Waals surface area contributed by atoms with Crippen molar-refractivity contribution in [1.29, 1.82) is 0 Å². The van der Waals surface area contributed by atoms with Crippen molar-refractivity contribution in [3.05, 3.63) is 68.5 Å². The van der Waals surface area contributed by atoms with Crippen molar-refractivity contribution >= 4 is 16.9 Å². The maximum absolute atomic E-state index is 13.0. The van der Waals surface area contributed by atoms with Gasteiger partial charge in [0.05, 0.1) is 24.1 Å². The number of pyridine rings is 1. The summed E-state index contributed by atoms with van der Waals surface area (Å²) in [6.07, 6.45) is 4.90. The largest absolute Gasteiger partial charge is 0.497 e. The van der Waals surface area contributed by atoms with Gasteiger partial charge in [0, 0.05) is 26.8 Å². The summed E-state index contributed by atoms with van der Waals surface area (Å²) in [4.78, 5) is 44.3. The van der Waals surface area contributed by atoms with E-state index in [1.165, 1.54) is 30.3 Å². The molecule has 0 radical (unpaired) electrons. The molecule has 3 heterocycles. The minimum atomic E-state index is -0.473. The zero-order chi connectivity index (χ0) is 23.5. The van der Waals surface area contributed by atoms with E-state index in [1.807, 2.05) is 24.3 Å². The van der Waals surface area contributed by atoms with E-state index in [0.717, 1.165) is 41.8 Å². The highest BCUT2D eigenvalue weighted by atomic mass is 16.5. The van der Waals surface area contributed by atoms with E-state index in [0.29, 0.717) is 6.54 Å². The number of benzene rings is 1. The van der Waals surface area contributed by atoms with E-state index in [1.54, 1.807) is 14.2 Å². The summed E-state index contributed by atoms with van der Waals surface area (Å²) in [6, 6.07) is 9.46. The fraction of sp³-hybridized carbons (Fsp3) is 0.417. The lowest BCUT2D eigenvalue weighted by Crippen LogP contribution is -2.41. The first-order valence-corrected chi connectivity index (χ1v) is 11.1. The molecule has 0 saturated carbocycles. The molecule has 1 aliphatic rings. The zero-order valence-electron chi connectivity index (χ0n) is 19.2. The van der Waals surface area contributed by atoms with Crippen molar-refractivity contribution in [2.75, 3.05) is 26.7 Å². The van der Waals surface area contributed by atoms with Crippen molar-refractivity contribution in [2.45, 2.75) is 25.3 Å². The Morgan fingerprint density at radius 3 is 2.45 bits per heavy atom. The van der Waals surface area contributed by atoms with E-state index >= 15 is 0 Å². The van der Waals surface area contributed by atoms with Gasteiger partial charge in [-0.25, -0.2) is 9.78 Å². The van der Waals surface area contributed by atoms with Crippen LogP contribution in [0.5, 0.6) is 5.75 Å². The summed E-state index contributed by atoms with van der Waals surface area (Å²) >= 11 is 0. The first-order valence-electron chi connectivity index (χ1n) is 11.1. The van der Waals surface area contributed by atoms with Crippen molar-refractivity contribution in [3.63, 3.8) is 0 Å². The van der Waals surface area contributed by atoms with Crippen LogP contribution in [0.1, 0.15) is 41.2 Å². The van der Waals surface area contributed by atoms with E-state index in [9.17, 15) is 14.4 Å². The van der Waals surface area contributed by atoms with Crippen LogP contribution in [-0.4, -0.2) is 51.7 Å². The van der Waals surface area contributed by atoms with Crippen LogP contribution in [0.15, 0.2) is 46.1 Å². The molecule has 1 fully saturated rings. The van der Waals surface area contributed by atoms with E-state index in [4.69, 9.17) is 4.74 Å². The third kappa shape index (κ3) is 4.54. The quantitative estimate of drug-likeness (QED) is 0.611. The summed E-state index contributed by atoms with van der Waals surface area (Å²) in [5.41, 5.74) is 0.716. The molecule has 1 amide bonds. The number of piperidine rings is 1. The monoisotopic (exact) mass is 451 g/mol. The molecule has 0 spiro atoms. The van der Waals surface area contributed by atoms with Crippen LogP contribution in [0.3, 0.4) is 0 Å². The predicted molar refractivity (Wildman–Crippen MR) is 126 cm³/mol. The molecule has 1 aromatic carbocycles. The third-order valence-electron chi connectivity index (χ3n) is 6.34. The van der Waals surface area contributed by atoms with Crippen LogP contribution in [0, 0.1) is 0 Å². The highest BCUT2D eigenvalue weighted by Crippen LogP contribution is 2.26. The molecule has 174 valence electrons. The molecule has 33 heavy (non-hydrogen) atoms. The summed E-state index contributed by atoms with van der Waals surface area (Å²) in [5.74, 6) is 0.481. The second-order valence-corrected chi connectivity index (χ2v) is 8.40. The van der Waals surface area contributed by atoms with Crippen molar-refractivity contribution in [2.24, 2.45) is 14.1 Å². The molecule has 3 aromatic rings. The fourth-order valence-electron chi connectivity index (χ4n) is 4.39. The van der Waals surface area contributed by atoms with Gasteiger partial charge >= 0.3 is 5.69 Å². The Hall–Kier alpha value is -3.46. The molecule has 9 heteroatoms. The minimum absolute atomic E-state index is 0.0299. The van der Waals surface area contributed by atoms with Gasteiger partial charge in [-0.1, -0.05) is 18.6 Å². The van der Waals surface area contributed by atoms with E-state index < -0.39 is 11.2 Å². The number of carbonyl (C=O) groups excluding carboxylic acids is 1. The van der Waals surface area contributed by atoms with Crippen molar-refractivity contribution < 1.29 is 9.53 Å². The second kappa shape index (κ2) is 9.58. The fourth-order valence-corrected chi connectivity index (χ4v) is 4.39. The summed E-state index contributed by atoms with van der Waals surface area (Å²) in [5, 5.41) is 3.25. The molecular weight excluding hydrogens is 422 g/mol. The number of amides is 1. The lowest BCUT2D eigenvalue weighted by atomic mass is 10.0. The topological polar surface area (TPSA) is 98.5 Å². The van der Waals surface area contributed by atoms with Gasteiger partial charge in [0.2, 0.25) is 0 Å². The number of ether oxygens (including phenoxy) is 1. The molecule has 0 bridgehead atoms. The highest BCUT2D eigenvalue weighted by molar-refractivity contribution is 5.96. The van der Waals surface area contributed by atoms with E-state index in [2.05, 4.69) is 15.2 Å². The van der Waals surface area contributed by atoms with Crippen molar-refractivity contribution in [1.82, 2.24) is 24.3 Å². The standard InChI is InChI=1S/C24H29N5O4/c1-27-21-19(23(31)28(2)24(27)32)13-17(14-25-21)22(30)26-15-20(29-11-5-4-6-12-29)16-7-9-18(33-3)10-8-16/h7-10,13-14,20H,4-6,11-12,15H2,1-3H3,(H,26,30)/t20-/m1/s1.